The Morgan fingerprint density at radius 2 is 1.81 bits per heavy atom. The number of ether oxygens (including phenoxy) is 2. The third kappa shape index (κ3) is 8.45. The first-order valence-corrected chi connectivity index (χ1v) is 12.0. The van der Waals surface area contributed by atoms with E-state index in [4.69, 9.17) is 16.3 Å². The van der Waals surface area contributed by atoms with E-state index in [2.05, 4.69) is 4.74 Å². The van der Waals surface area contributed by atoms with Crippen LogP contribution in [-0.2, 0) is 13.0 Å². The lowest BCUT2D eigenvalue weighted by Crippen LogP contribution is -2.47. The van der Waals surface area contributed by atoms with Crippen molar-refractivity contribution in [2.75, 3.05) is 6.54 Å². The summed E-state index contributed by atoms with van der Waals surface area (Å²) in [6, 6.07) is 10.0. The van der Waals surface area contributed by atoms with Crippen LogP contribution in [0, 0.1) is 0 Å². The van der Waals surface area contributed by atoms with Crippen LogP contribution in [0.25, 0.3) is 0 Å². The van der Waals surface area contributed by atoms with Crippen LogP contribution in [0.3, 0.4) is 0 Å². The lowest BCUT2D eigenvalue weighted by Gasteiger charge is -2.38. The van der Waals surface area contributed by atoms with Crippen LogP contribution in [0.4, 0.5) is 26.3 Å². The van der Waals surface area contributed by atoms with Gasteiger partial charge >= 0.3 is 12.5 Å². The molecule has 2 aromatic carbocycles. The van der Waals surface area contributed by atoms with Gasteiger partial charge in [-0.1, -0.05) is 30.7 Å². The summed E-state index contributed by atoms with van der Waals surface area (Å²) in [6.45, 7) is 1.15. The number of halogens is 7. The molecular formula is C25H28ClF6NO3. The predicted molar refractivity (Wildman–Crippen MR) is 123 cm³/mol. The van der Waals surface area contributed by atoms with Crippen molar-refractivity contribution in [2.24, 2.45) is 0 Å². The SMILES string of the molecule is CCc1cc(OC2CCCC(N(Cc3cccc(OC(F)(F)F)c3)CC(O)C(F)(F)F)C2)ccc1Cl. The van der Waals surface area contributed by atoms with Gasteiger partial charge in [0.2, 0.25) is 0 Å². The van der Waals surface area contributed by atoms with Gasteiger partial charge in [-0.2, -0.15) is 13.2 Å². The van der Waals surface area contributed by atoms with E-state index in [1.807, 2.05) is 13.0 Å². The number of rotatable bonds is 9. The maximum atomic E-state index is 13.2. The van der Waals surface area contributed by atoms with Crippen molar-refractivity contribution >= 4 is 11.6 Å². The van der Waals surface area contributed by atoms with Gasteiger partial charge in [0.25, 0.3) is 0 Å². The van der Waals surface area contributed by atoms with E-state index in [0.29, 0.717) is 48.4 Å². The molecule has 0 saturated heterocycles. The number of aliphatic hydroxyl groups excluding tert-OH is 1. The Morgan fingerprint density at radius 1 is 1.06 bits per heavy atom. The highest BCUT2D eigenvalue weighted by atomic mass is 35.5. The molecule has 11 heteroatoms. The summed E-state index contributed by atoms with van der Waals surface area (Å²) in [4.78, 5) is 1.46. The van der Waals surface area contributed by atoms with Crippen molar-refractivity contribution in [3.05, 3.63) is 58.6 Å². The largest absolute Gasteiger partial charge is 0.573 e. The second-order valence-corrected chi connectivity index (χ2v) is 9.26. The van der Waals surface area contributed by atoms with E-state index in [-0.39, 0.29) is 18.7 Å². The van der Waals surface area contributed by atoms with Crippen LogP contribution in [0.5, 0.6) is 11.5 Å². The summed E-state index contributed by atoms with van der Waals surface area (Å²) < 4.78 is 87.4. The minimum Gasteiger partial charge on any atom is -0.490 e. The van der Waals surface area contributed by atoms with Crippen molar-refractivity contribution in [3.63, 3.8) is 0 Å². The predicted octanol–water partition coefficient (Wildman–Crippen LogP) is 6.92. The summed E-state index contributed by atoms with van der Waals surface area (Å²) in [6.07, 6.45) is -9.55. The summed E-state index contributed by atoms with van der Waals surface area (Å²) in [5.74, 6) is 0.149. The fourth-order valence-corrected chi connectivity index (χ4v) is 4.64. The lowest BCUT2D eigenvalue weighted by molar-refractivity contribution is -0.274. The summed E-state index contributed by atoms with van der Waals surface area (Å²) in [5, 5.41) is 10.4. The molecule has 36 heavy (non-hydrogen) atoms. The van der Waals surface area contributed by atoms with E-state index in [1.54, 1.807) is 12.1 Å². The highest BCUT2D eigenvalue weighted by Gasteiger charge is 2.41. The van der Waals surface area contributed by atoms with Crippen LogP contribution < -0.4 is 9.47 Å². The molecule has 1 N–H and O–H groups in total. The summed E-state index contributed by atoms with van der Waals surface area (Å²) >= 11 is 6.16. The van der Waals surface area contributed by atoms with Gasteiger partial charge in [0.05, 0.1) is 0 Å². The first kappa shape index (κ1) is 28.4. The quantitative estimate of drug-likeness (QED) is 0.351. The monoisotopic (exact) mass is 539 g/mol. The Balaban J connectivity index is 1.77. The van der Waals surface area contributed by atoms with Crippen molar-refractivity contribution in [1.29, 1.82) is 0 Å². The number of alkyl halides is 6. The van der Waals surface area contributed by atoms with E-state index in [9.17, 15) is 31.4 Å². The fourth-order valence-electron chi connectivity index (χ4n) is 4.39. The van der Waals surface area contributed by atoms with Crippen LogP contribution in [0.15, 0.2) is 42.5 Å². The molecule has 3 rings (SSSR count). The summed E-state index contributed by atoms with van der Waals surface area (Å²) in [5.41, 5.74) is 1.25. The van der Waals surface area contributed by atoms with Crippen molar-refractivity contribution < 1.29 is 40.9 Å². The molecule has 2 aromatic rings. The first-order chi connectivity index (χ1) is 16.8. The molecule has 0 aromatic heterocycles. The molecule has 0 spiro atoms. The van der Waals surface area contributed by atoms with Gasteiger partial charge in [-0.05, 0) is 73.6 Å². The number of hydrogen-bond acceptors (Lipinski definition) is 4. The number of aryl methyl sites for hydroxylation is 1. The van der Waals surface area contributed by atoms with Gasteiger partial charge in [-0.3, -0.25) is 4.90 Å². The Morgan fingerprint density at radius 3 is 2.47 bits per heavy atom. The van der Waals surface area contributed by atoms with Crippen LogP contribution in [-0.4, -0.2) is 47.3 Å². The maximum Gasteiger partial charge on any atom is 0.573 e. The Labute approximate surface area is 210 Å². The molecule has 1 fully saturated rings. The zero-order chi connectivity index (χ0) is 26.5. The molecule has 0 aliphatic heterocycles. The maximum absolute atomic E-state index is 13.2. The zero-order valence-corrected chi connectivity index (χ0v) is 20.3. The molecule has 0 bridgehead atoms. The number of hydrogen-bond donors (Lipinski definition) is 1. The smallest absolute Gasteiger partial charge is 0.490 e. The standard InChI is InChI=1S/C25H28ClF6NO3/c1-2-17-12-20(9-10-22(17)26)35-19-7-4-6-18(13-19)33(15-23(34)24(27,28)29)14-16-5-3-8-21(11-16)36-25(30,31)32/h3,5,8-12,18-19,23,34H,2,4,6-7,13-15H2,1H3. The number of nitrogens with zero attached hydrogens (tertiary/aromatic N) is 1. The van der Waals surface area contributed by atoms with E-state index in [0.717, 1.165) is 17.7 Å². The van der Waals surface area contributed by atoms with Gasteiger partial charge in [-0.25, -0.2) is 0 Å². The molecular weight excluding hydrogens is 512 g/mol. The van der Waals surface area contributed by atoms with Crippen molar-refractivity contribution in [2.45, 2.75) is 76.4 Å². The van der Waals surface area contributed by atoms with Gasteiger partial charge in [0, 0.05) is 24.2 Å². The molecule has 0 heterocycles. The lowest BCUT2D eigenvalue weighted by atomic mass is 9.91. The highest BCUT2D eigenvalue weighted by molar-refractivity contribution is 6.31. The molecule has 0 amide bonds. The van der Waals surface area contributed by atoms with Gasteiger partial charge in [0.15, 0.2) is 6.10 Å². The first-order valence-electron chi connectivity index (χ1n) is 11.6. The average Bonchev–Trinajstić information content (AvgIpc) is 2.78. The molecule has 3 atom stereocenters. The van der Waals surface area contributed by atoms with Crippen LogP contribution >= 0.6 is 11.6 Å². The normalized spacial score (nSPS) is 19.8. The average molecular weight is 540 g/mol. The molecule has 1 aliphatic carbocycles. The zero-order valence-electron chi connectivity index (χ0n) is 19.6. The van der Waals surface area contributed by atoms with Crippen molar-refractivity contribution in [3.8, 4) is 11.5 Å². The molecule has 1 aliphatic rings. The Hall–Kier alpha value is -2.17. The van der Waals surface area contributed by atoms with Crippen LogP contribution in [0.1, 0.15) is 43.7 Å². The number of aliphatic hydroxyl groups is 1. The number of benzene rings is 2. The van der Waals surface area contributed by atoms with Gasteiger partial charge < -0.3 is 14.6 Å². The van der Waals surface area contributed by atoms with E-state index >= 15 is 0 Å². The Bertz CT molecular complexity index is 1000. The highest BCUT2D eigenvalue weighted by Crippen LogP contribution is 2.32. The van der Waals surface area contributed by atoms with E-state index < -0.39 is 30.9 Å². The minimum absolute atomic E-state index is 0.0967. The molecule has 4 nitrogen and oxygen atoms in total. The molecule has 0 radical (unpaired) electrons. The Kier molecular flexibility index (Phi) is 9.40. The van der Waals surface area contributed by atoms with Gasteiger partial charge in [0.1, 0.15) is 17.6 Å². The van der Waals surface area contributed by atoms with Crippen LogP contribution in [0.2, 0.25) is 5.02 Å². The molecule has 200 valence electrons. The van der Waals surface area contributed by atoms with Crippen molar-refractivity contribution in [1.82, 2.24) is 4.90 Å². The second kappa shape index (κ2) is 11.9. The minimum atomic E-state index is -4.89. The third-order valence-electron chi connectivity index (χ3n) is 6.12. The molecule has 3 unspecified atom stereocenters. The van der Waals surface area contributed by atoms with Gasteiger partial charge in [-0.15, -0.1) is 13.2 Å². The van der Waals surface area contributed by atoms with E-state index in [1.165, 1.54) is 17.0 Å². The summed E-state index contributed by atoms with van der Waals surface area (Å²) in [7, 11) is 0. The topological polar surface area (TPSA) is 41.9 Å². The second-order valence-electron chi connectivity index (χ2n) is 8.85. The molecule has 1 saturated carbocycles. The third-order valence-corrected chi connectivity index (χ3v) is 6.49. The fraction of sp³-hybridized carbons (Fsp3) is 0.520.